The van der Waals surface area contributed by atoms with E-state index >= 15 is 0 Å². The highest BCUT2D eigenvalue weighted by atomic mass is 32.2. The third-order valence-electron chi connectivity index (χ3n) is 2.78. The van der Waals surface area contributed by atoms with Crippen LogP contribution in [0.4, 0.5) is 5.69 Å². The quantitative estimate of drug-likeness (QED) is 0.799. The van der Waals surface area contributed by atoms with Crippen LogP contribution in [0.5, 0.6) is 5.75 Å². The highest BCUT2D eigenvalue weighted by Gasteiger charge is 2.06. The van der Waals surface area contributed by atoms with Crippen LogP contribution in [0.1, 0.15) is 5.56 Å². The van der Waals surface area contributed by atoms with Gasteiger partial charge in [-0.15, -0.1) is 0 Å². The summed E-state index contributed by atoms with van der Waals surface area (Å²) < 4.78 is 5.24. The van der Waals surface area contributed by atoms with Gasteiger partial charge in [-0.05, 0) is 18.2 Å². The second-order valence-electron chi connectivity index (χ2n) is 4.31. The molecule has 0 fully saturated rings. The summed E-state index contributed by atoms with van der Waals surface area (Å²) in [6.07, 6.45) is 1.58. The maximum Gasteiger partial charge on any atom is 0.230 e. The first-order valence-corrected chi connectivity index (χ1v) is 7.40. The summed E-state index contributed by atoms with van der Waals surface area (Å²) in [6.45, 7) is 0.443. The molecule has 21 heavy (non-hydrogen) atoms. The van der Waals surface area contributed by atoms with Crippen molar-refractivity contribution in [3.8, 4) is 5.75 Å². The highest BCUT2D eigenvalue weighted by molar-refractivity contribution is 7.99. The molecule has 2 rings (SSSR count). The summed E-state index contributed by atoms with van der Waals surface area (Å²) in [7, 11) is 1.61. The summed E-state index contributed by atoms with van der Waals surface area (Å²) in [5.74, 6) is 1.03. The molecule has 1 amide bonds. The number of carbonyl (C=O) groups excluding carboxylic acids is 1. The fourth-order valence-electron chi connectivity index (χ4n) is 1.71. The smallest absolute Gasteiger partial charge is 0.230 e. The van der Waals surface area contributed by atoms with Gasteiger partial charge < -0.3 is 15.8 Å². The number of hydrogen-bond donors (Lipinski definition) is 2. The summed E-state index contributed by atoms with van der Waals surface area (Å²) >= 11 is 1.37. The van der Waals surface area contributed by atoms with Crippen LogP contribution in [0.25, 0.3) is 0 Å². The molecule has 1 aromatic carbocycles. The van der Waals surface area contributed by atoms with Crippen molar-refractivity contribution >= 4 is 23.4 Å². The van der Waals surface area contributed by atoms with Gasteiger partial charge in [0.1, 0.15) is 5.75 Å². The first-order valence-electron chi connectivity index (χ1n) is 6.42. The summed E-state index contributed by atoms with van der Waals surface area (Å²) in [6, 6.07) is 11.2. The van der Waals surface area contributed by atoms with Gasteiger partial charge in [0.25, 0.3) is 0 Å². The predicted octanol–water partition coefficient (Wildman–Crippen LogP) is 2.08. The number of methoxy groups -OCH3 is 1. The third kappa shape index (κ3) is 4.68. The van der Waals surface area contributed by atoms with Gasteiger partial charge in [-0.3, -0.25) is 4.79 Å². The van der Waals surface area contributed by atoms with Crippen molar-refractivity contribution in [3.05, 3.63) is 48.2 Å². The molecule has 110 valence electrons. The Labute approximate surface area is 127 Å². The Kier molecular flexibility index (Phi) is 5.45. The van der Waals surface area contributed by atoms with Crippen molar-refractivity contribution < 1.29 is 9.53 Å². The van der Waals surface area contributed by atoms with E-state index in [9.17, 15) is 4.79 Å². The number of thioether (sulfide) groups is 1. The summed E-state index contributed by atoms with van der Waals surface area (Å²) in [4.78, 5) is 16.0. The van der Waals surface area contributed by atoms with Crippen LogP contribution in [0, 0.1) is 0 Å². The zero-order chi connectivity index (χ0) is 15.1. The Morgan fingerprint density at radius 2 is 2.14 bits per heavy atom. The number of amides is 1. The minimum absolute atomic E-state index is 0.0514. The van der Waals surface area contributed by atoms with E-state index in [4.69, 9.17) is 10.5 Å². The topological polar surface area (TPSA) is 77.2 Å². The third-order valence-corrected chi connectivity index (χ3v) is 3.72. The number of nitrogens with one attached hydrogen (secondary N) is 1. The maximum atomic E-state index is 11.8. The van der Waals surface area contributed by atoms with Crippen LogP contribution in [-0.4, -0.2) is 23.8 Å². The Bertz CT molecular complexity index is 602. The zero-order valence-electron chi connectivity index (χ0n) is 11.7. The molecule has 0 aliphatic heterocycles. The molecule has 6 heteroatoms. The number of rotatable bonds is 6. The largest absolute Gasteiger partial charge is 0.496 e. The fourth-order valence-corrected chi connectivity index (χ4v) is 2.38. The molecule has 1 aromatic heterocycles. The van der Waals surface area contributed by atoms with Crippen LogP contribution < -0.4 is 15.8 Å². The highest BCUT2D eigenvalue weighted by Crippen LogP contribution is 2.18. The number of hydrogen-bond acceptors (Lipinski definition) is 5. The number of nitrogen functional groups attached to an aromatic ring is 1. The number of nitrogens with two attached hydrogens (primary N) is 1. The standard InChI is InChI=1S/C15H17N3O2S/c1-20-13-5-3-2-4-11(13)8-17-14(19)10-21-15-7-6-12(16)9-18-15/h2-7,9H,8,10,16H2,1H3,(H,17,19). The molecular weight excluding hydrogens is 286 g/mol. The van der Waals surface area contributed by atoms with Crippen molar-refractivity contribution in [3.63, 3.8) is 0 Å². The minimum atomic E-state index is -0.0514. The van der Waals surface area contributed by atoms with Gasteiger partial charge >= 0.3 is 0 Å². The first-order chi connectivity index (χ1) is 10.2. The van der Waals surface area contributed by atoms with Crippen molar-refractivity contribution in [2.24, 2.45) is 0 Å². The monoisotopic (exact) mass is 303 g/mol. The molecule has 0 saturated carbocycles. The molecular formula is C15H17N3O2S. The van der Waals surface area contributed by atoms with E-state index in [1.807, 2.05) is 24.3 Å². The Hall–Kier alpha value is -2.21. The number of carbonyl (C=O) groups is 1. The molecule has 0 saturated heterocycles. The van der Waals surface area contributed by atoms with Crippen LogP contribution in [0.3, 0.4) is 0 Å². The van der Waals surface area contributed by atoms with Gasteiger partial charge in [0.2, 0.25) is 5.91 Å². The van der Waals surface area contributed by atoms with E-state index in [0.29, 0.717) is 18.0 Å². The van der Waals surface area contributed by atoms with Gasteiger partial charge in [-0.25, -0.2) is 4.98 Å². The predicted molar refractivity (Wildman–Crippen MR) is 84.2 cm³/mol. The SMILES string of the molecule is COc1ccccc1CNC(=O)CSc1ccc(N)cn1. The average Bonchev–Trinajstić information content (AvgIpc) is 2.52. The van der Waals surface area contributed by atoms with Crippen molar-refractivity contribution in [2.75, 3.05) is 18.6 Å². The van der Waals surface area contributed by atoms with E-state index in [-0.39, 0.29) is 5.91 Å². The first kappa shape index (κ1) is 15.2. The van der Waals surface area contributed by atoms with Crippen LogP contribution in [0.15, 0.2) is 47.6 Å². The fraction of sp³-hybridized carbons (Fsp3) is 0.200. The van der Waals surface area contributed by atoms with Crippen molar-refractivity contribution in [1.82, 2.24) is 10.3 Å². The van der Waals surface area contributed by atoms with Crippen LogP contribution >= 0.6 is 11.8 Å². The van der Waals surface area contributed by atoms with Crippen molar-refractivity contribution in [2.45, 2.75) is 11.6 Å². The lowest BCUT2D eigenvalue weighted by atomic mass is 10.2. The number of aromatic nitrogens is 1. The van der Waals surface area contributed by atoms with Gasteiger partial charge in [0.15, 0.2) is 0 Å². The Morgan fingerprint density at radius 3 is 2.86 bits per heavy atom. The Morgan fingerprint density at radius 1 is 1.33 bits per heavy atom. The number of ether oxygens (including phenoxy) is 1. The van der Waals surface area contributed by atoms with E-state index in [0.717, 1.165) is 16.3 Å². The molecule has 0 aliphatic rings. The second kappa shape index (κ2) is 7.54. The zero-order valence-corrected chi connectivity index (χ0v) is 12.5. The average molecular weight is 303 g/mol. The summed E-state index contributed by atoms with van der Waals surface area (Å²) in [5, 5.41) is 3.64. The van der Waals surface area contributed by atoms with Crippen molar-refractivity contribution in [1.29, 1.82) is 0 Å². The maximum absolute atomic E-state index is 11.8. The van der Waals surface area contributed by atoms with E-state index in [1.165, 1.54) is 11.8 Å². The molecule has 1 heterocycles. The molecule has 0 atom stereocenters. The van der Waals surface area contributed by atoms with E-state index in [2.05, 4.69) is 10.3 Å². The van der Waals surface area contributed by atoms with Gasteiger partial charge in [0, 0.05) is 12.1 Å². The second-order valence-corrected chi connectivity index (χ2v) is 5.30. The summed E-state index contributed by atoms with van der Waals surface area (Å²) in [5.41, 5.74) is 7.12. The van der Waals surface area contributed by atoms with Gasteiger partial charge in [0.05, 0.1) is 29.8 Å². The minimum Gasteiger partial charge on any atom is -0.496 e. The van der Waals surface area contributed by atoms with E-state index < -0.39 is 0 Å². The molecule has 2 aromatic rings. The molecule has 0 radical (unpaired) electrons. The normalized spacial score (nSPS) is 10.1. The van der Waals surface area contributed by atoms with Gasteiger partial charge in [-0.1, -0.05) is 30.0 Å². The number of pyridine rings is 1. The van der Waals surface area contributed by atoms with Crippen LogP contribution in [0.2, 0.25) is 0 Å². The number of benzene rings is 1. The lowest BCUT2D eigenvalue weighted by Crippen LogP contribution is -2.24. The number of nitrogens with zero attached hydrogens (tertiary/aromatic N) is 1. The van der Waals surface area contributed by atoms with Gasteiger partial charge in [-0.2, -0.15) is 0 Å². The molecule has 0 spiro atoms. The van der Waals surface area contributed by atoms with E-state index in [1.54, 1.807) is 25.4 Å². The molecule has 0 unspecified atom stereocenters. The van der Waals surface area contributed by atoms with Crippen LogP contribution in [-0.2, 0) is 11.3 Å². The molecule has 0 aliphatic carbocycles. The number of para-hydroxylation sites is 1. The molecule has 3 N–H and O–H groups in total. The lowest BCUT2D eigenvalue weighted by molar-refractivity contribution is -0.118. The Balaban J connectivity index is 1.81. The lowest BCUT2D eigenvalue weighted by Gasteiger charge is -2.09. The molecule has 5 nitrogen and oxygen atoms in total. The molecule has 0 bridgehead atoms. The number of anilines is 1.